The van der Waals surface area contributed by atoms with E-state index in [1.807, 2.05) is 18.7 Å². The quantitative estimate of drug-likeness (QED) is 0.563. The molecule has 1 unspecified atom stereocenters. The Balaban J connectivity index is 1.11. The molecule has 3 aromatic rings. The molecule has 1 saturated heterocycles. The van der Waals surface area contributed by atoms with Gasteiger partial charge in [0.05, 0.1) is 23.8 Å². The molecule has 172 valence electrons. The van der Waals surface area contributed by atoms with E-state index in [1.54, 1.807) is 0 Å². The lowest BCUT2D eigenvalue weighted by molar-refractivity contribution is 0.414. The maximum absolute atomic E-state index is 4.65. The summed E-state index contributed by atoms with van der Waals surface area (Å²) in [7, 11) is 0. The second kappa shape index (κ2) is 8.86. The van der Waals surface area contributed by atoms with Gasteiger partial charge >= 0.3 is 0 Å². The first kappa shape index (κ1) is 20.8. The van der Waals surface area contributed by atoms with Crippen LogP contribution in [0.1, 0.15) is 68.7 Å². The van der Waals surface area contributed by atoms with Crippen LogP contribution in [0.4, 0.5) is 5.82 Å². The first-order valence-corrected chi connectivity index (χ1v) is 12.5. The van der Waals surface area contributed by atoms with Gasteiger partial charge in [-0.15, -0.1) is 5.10 Å². The Kier molecular flexibility index (Phi) is 5.58. The third-order valence-corrected chi connectivity index (χ3v) is 7.39. The third kappa shape index (κ3) is 4.78. The average Bonchev–Trinajstić information content (AvgIpc) is 3.81. The second-order valence-electron chi connectivity index (χ2n) is 10.1. The van der Waals surface area contributed by atoms with Crippen molar-refractivity contribution < 1.29 is 0 Å². The van der Waals surface area contributed by atoms with Gasteiger partial charge in [-0.05, 0) is 87.6 Å². The molecular weight excluding hydrogens is 410 g/mol. The van der Waals surface area contributed by atoms with Crippen LogP contribution in [0.15, 0.2) is 43.1 Å². The monoisotopic (exact) mass is 443 g/mol. The van der Waals surface area contributed by atoms with Crippen LogP contribution in [0.2, 0.25) is 0 Å². The first-order chi connectivity index (χ1) is 16.2. The summed E-state index contributed by atoms with van der Waals surface area (Å²) in [6.45, 7) is 5.40. The Morgan fingerprint density at radius 3 is 2.79 bits per heavy atom. The van der Waals surface area contributed by atoms with E-state index < -0.39 is 0 Å². The molecule has 0 bridgehead atoms. The lowest BCUT2D eigenvalue weighted by Crippen LogP contribution is -2.46. The van der Waals surface area contributed by atoms with E-state index in [4.69, 9.17) is 0 Å². The summed E-state index contributed by atoms with van der Waals surface area (Å²) in [4.78, 5) is 11.5. The number of hydrogen-bond acceptors (Lipinski definition) is 6. The number of pyridine rings is 1. The van der Waals surface area contributed by atoms with Gasteiger partial charge in [-0.3, -0.25) is 4.98 Å². The van der Waals surface area contributed by atoms with Crippen molar-refractivity contribution in [1.29, 1.82) is 0 Å². The SMILES string of the molecule is CC(c1ccc(N2CCC[C@@H](NCC3CC3)C2)nn1)n1cnc(-c2cncc(C3CC3)c2)c1. The van der Waals surface area contributed by atoms with Crippen molar-refractivity contribution in [3.8, 4) is 11.3 Å². The van der Waals surface area contributed by atoms with Crippen molar-refractivity contribution in [2.75, 3.05) is 24.5 Å². The van der Waals surface area contributed by atoms with Crippen molar-refractivity contribution >= 4 is 5.82 Å². The van der Waals surface area contributed by atoms with E-state index in [1.165, 1.54) is 50.6 Å². The van der Waals surface area contributed by atoms with Crippen molar-refractivity contribution in [2.45, 2.75) is 63.5 Å². The summed E-state index contributed by atoms with van der Waals surface area (Å²) < 4.78 is 2.11. The fourth-order valence-electron chi connectivity index (χ4n) is 4.82. The molecule has 0 radical (unpaired) electrons. The Labute approximate surface area is 195 Å². The van der Waals surface area contributed by atoms with Gasteiger partial charge in [0.25, 0.3) is 0 Å². The van der Waals surface area contributed by atoms with Crippen LogP contribution in [0.25, 0.3) is 11.3 Å². The van der Waals surface area contributed by atoms with Gasteiger partial charge in [-0.1, -0.05) is 0 Å². The number of aromatic nitrogens is 5. The highest BCUT2D eigenvalue weighted by Gasteiger charge is 2.26. The molecule has 3 aromatic heterocycles. The fraction of sp³-hybridized carbons (Fsp3) is 0.538. The molecule has 0 spiro atoms. The number of piperidine rings is 1. The molecule has 4 heterocycles. The van der Waals surface area contributed by atoms with Crippen LogP contribution in [-0.4, -0.2) is 50.4 Å². The van der Waals surface area contributed by atoms with Crippen LogP contribution in [0.5, 0.6) is 0 Å². The summed E-state index contributed by atoms with van der Waals surface area (Å²) in [5.41, 5.74) is 4.33. The lowest BCUT2D eigenvalue weighted by atomic mass is 10.1. The van der Waals surface area contributed by atoms with E-state index in [-0.39, 0.29) is 6.04 Å². The zero-order chi connectivity index (χ0) is 22.2. The Bertz CT molecular complexity index is 1080. The predicted molar refractivity (Wildman–Crippen MR) is 129 cm³/mol. The van der Waals surface area contributed by atoms with Crippen molar-refractivity contribution in [1.82, 2.24) is 30.0 Å². The molecule has 1 aliphatic heterocycles. The van der Waals surface area contributed by atoms with Gasteiger partial charge < -0.3 is 14.8 Å². The zero-order valence-corrected chi connectivity index (χ0v) is 19.4. The summed E-state index contributed by atoms with van der Waals surface area (Å²) in [5, 5.41) is 13.0. The molecule has 0 amide bonds. The van der Waals surface area contributed by atoms with E-state index in [9.17, 15) is 0 Å². The summed E-state index contributed by atoms with van der Waals surface area (Å²) in [6.07, 6.45) is 15.7. The highest BCUT2D eigenvalue weighted by Crippen LogP contribution is 2.40. The van der Waals surface area contributed by atoms with E-state index in [2.05, 4.69) is 66.3 Å². The van der Waals surface area contributed by atoms with E-state index in [0.717, 1.165) is 41.8 Å². The molecule has 1 N–H and O–H groups in total. The fourth-order valence-corrected chi connectivity index (χ4v) is 4.82. The molecule has 3 aliphatic rings. The van der Waals surface area contributed by atoms with Gasteiger partial charge in [0.15, 0.2) is 5.82 Å². The smallest absolute Gasteiger partial charge is 0.151 e. The van der Waals surface area contributed by atoms with Crippen LogP contribution in [0.3, 0.4) is 0 Å². The number of rotatable bonds is 8. The van der Waals surface area contributed by atoms with Gasteiger partial charge in [0, 0.05) is 43.3 Å². The molecule has 2 atom stereocenters. The van der Waals surface area contributed by atoms with Gasteiger partial charge in [-0.25, -0.2) is 4.98 Å². The molecule has 6 rings (SSSR count). The normalized spacial score (nSPS) is 21.8. The largest absolute Gasteiger partial charge is 0.354 e. The third-order valence-electron chi connectivity index (χ3n) is 7.39. The predicted octanol–water partition coefficient (Wildman–Crippen LogP) is 4.19. The topological polar surface area (TPSA) is 71.8 Å². The minimum absolute atomic E-state index is 0.0710. The maximum atomic E-state index is 4.65. The first-order valence-electron chi connectivity index (χ1n) is 12.5. The minimum Gasteiger partial charge on any atom is -0.354 e. The summed E-state index contributed by atoms with van der Waals surface area (Å²) in [6, 6.07) is 7.12. The molecule has 2 aliphatic carbocycles. The van der Waals surface area contributed by atoms with Crippen LogP contribution in [-0.2, 0) is 0 Å². The van der Waals surface area contributed by atoms with E-state index in [0.29, 0.717) is 12.0 Å². The molecule has 3 fully saturated rings. The lowest BCUT2D eigenvalue weighted by Gasteiger charge is -2.34. The molecule has 0 aromatic carbocycles. The van der Waals surface area contributed by atoms with Crippen LogP contribution < -0.4 is 10.2 Å². The number of nitrogens with one attached hydrogen (secondary N) is 1. The Morgan fingerprint density at radius 1 is 1.09 bits per heavy atom. The maximum Gasteiger partial charge on any atom is 0.151 e. The molecular formula is C26H33N7. The Morgan fingerprint density at radius 2 is 2.00 bits per heavy atom. The number of nitrogens with zero attached hydrogens (tertiary/aromatic N) is 6. The van der Waals surface area contributed by atoms with Gasteiger partial charge in [-0.2, -0.15) is 5.10 Å². The minimum atomic E-state index is 0.0710. The second-order valence-corrected chi connectivity index (χ2v) is 10.1. The number of anilines is 1. The Hall–Kier alpha value is -2.80. The summed E-state index contributed by atoms with van der Waals surface area (Å²) in [5.74, 6) is 2.60. The molecule has 7 heteroatoms. The zero-order valence-electron chi connectivity index (χ0n) is 19.4. The van der Waals surface area contributed by atoms with Crippen LogP contribution in [0, 0.1) is 5.92 Å². The molecule has 2 saturated carbocycles. The molecule has 7 nitrogen and oxygen atoms in total. The van der Waals surface area contributed by atoms with E-state index >= 15 is 0 Å². The van der Waals surface area contributed by atoms with Crippen LogP contribution >= 0.6 is 0 Å². The number of imidazole rings is 1. The highest BCUT2D eigenvalue weighted by molar-refractivity contribution is 5.58. The van der Waals surface area contributed by atoms with Gasteiger partial charge in [0.2, 0.25) is 0 Å². The van der Waals surface area contributed by atoms with Gasteiger partial charge in [0.1, 0.15) is 0 Å². The highest BCUT2D eigenvalue weighted by atomic mass is 15.3. The standard InChI is InChI=1S/C26H33N7/c1-18(33-16-25(29-17-33)22-11-21(13-27-14-22)20-6-7-20)24-8-9-26(31-30-24)32-10-2-3-23(15-32)28-12-19-4-5-19/h8-9,11,13-14,16-20,23,28H,2-7,10,12,15H2,1H3/t18?,23-/m1/s1. The molecule has 33 heavy (non-hydrogen) atoms. The number of hydrogen-bond donors (Lipinski definition) is 1. The van der Waals surface area contributed by atoms with Crippen molar-refractivity contribution in [3.05, 3.63) is 54.4 Å². The average molecular weight is 444 g/mol. The summed E-state index contributed by atoms with van der Waals surface area (Å²) >= 11 is 0. The van der Waals surface area contributed by atoms with Crippen molar-refractivity contribution in [3.63, 3.8) is 0 Å². The van der Waals surface area contributed by atoms with Crippen molar-refractivity contribution in [2.24, 2.45) is 5.92 Å².